The molecule has 0 atom stereocenters. The van der Waals surface area contributed by atoms with E-state index in [0.717, 1.165) is 0 Å². The van der Waals surface area contributed by atoms with Gasteiger partial charge in [-0.05, 0) is 29.9 Å². The minimum Gasteiger partial charge on any atom is -0.0654 e. The highest BCUT2D eigenvalue weighted by molar-refractivity contribution is 5.25. The van der Waals surface area contributed by atoms with Crippen molar-refractivity contribution in [1.29, 1.82) is 0 Å². The largest absolute Gasteiger partial charge is 0.0654 e. The van der Waals surface area contributed by atoms with E-state index in [-0.39, 0.29) is 0 Å². The van der Waals surface area contributed by atoms with Gasteiger partial charge in [0.15, 0.2) is 0 Å². The molecule has 0 spiro atoms. The maximum absolute atomic E-state index is 2.37. The Hall–Kier alpha value is -0.780. The van der Waals surface area contributed by atoms with Crippen molar-refractivity contribution in [3.05, 3.63) is 35.4 Å². The molecular formula is C15H24. The molecule has 0 aliphatic heterocycles. The number of unbranched alkanes of at least 4 members (excludes halogenated alkanes) is 3. The molecule has 0 N–H and O–H groups in total. The molecule has 0 heterocycles. The van der Waals surface area contributed by atoms with Crippen LogP contribution in [0.3, 0.4) is 0 Å². The zero-order valence-corrected chi connectivity index (χ0v) is 10.4. The van der Waals surface area contributed by atoms with Crippen LogP contribution >= 0.6 is 0 Å². The molecule has 0 fully saturated rings. The van der Waals surface area contributed by atoms with Gasteiger partial charge in [0.1, 0.15) is 0 Å². The van der Waals surface area contributed by atoms with Crippen LogP contribution < -0.4 is 0 Å². The van der Waals surface area contributed by atoms with E-state index in [1.807, 2.05) is 0 Å². The SMILES string of the molecule is CCCCCCc1cccc(C(C)C)c1. The molecule has 1 aromatic rings. The first-order valence-corrected chi connectivity index (χ1v) is 6.33. The molecule has 0 saturated carbocycles. The highest BCUT2D eigenvalue weighted by atomic mass is 14.1. The Morgan fingerprint density at radius 2 is 1.87 bits per heavy atom. The van der Waals surface area contributed by atoms with Crippen molar-refractivity contribution in [1.82, 2.24) is 0 Å². The van der Waals surface area contributed by atoms with Crippen LogP contribution in [-0.2, 0) is 6.42 Å². The summed E-state index contributed by atoms with van der Waals surface area (Å²) < 4.78 is 0. The van der Waals surface area contributed by atoms with Gasteiger partial charge in [0.05, 0.1) is 0 Å². The van der Waals surface area contributed by atoms with Gasteiger partial charge in [-0.15, -0.1) is 0 Å². The van der Waals surface area contributed by atoms with Gasteiger partial charge in [-0.1, -0.05) is 64.3 Å². The molecule has 0 aliphatic rings. The minimum absolute atomic E-state index is 0.653. The molecule has 0 bridgehead atoms. The van der Waals surface area contributed by atoms with Gasteiger partial charge in [-0.25, -0.2) is 0 Å². The van der Waals surface area contributed by atoms with Crippen LogP contribution in [0.2, 0.25) is 0 Å². The first kappa shape index (κ1) is 12.3. The number of hydrogen-bond donors (Lipinski definition) is 0. The summed E-state index contributed by atoms with van der Waals surface area (Å²) in [5.74, 6) is 0.653. The average molecular weight is 204 g/mol. The van der Waals surface area contributed by atoms with E-state index >= 15 is 0 Å². The number of aryl methyl sites for hydroxylation is 1. The fourth-order valence-corrected chi connectivity index (χ4v) is 1.86. The zero-order chi connectivity index (χ0) is 11.1. The monoisotopic (exact) mass is 204 g/mol. The van der Waals surface area contributed by atoms with Gasteiger partial charge in [0.25, 0.3) is 0 Å². The van der Waals surface area contributed by atoms with Gasteiger partial charge in [0, 0.05) is 0 Å². The summed E-state index contributed by atoms with van der Waals surface area (Å²) in [5.41, 5.74) is 2.99. The highest BCUT2D eigenvalue weighted by Gasteiger charge is 1.99. The normalized spacial score (nSPS) is 10.9. The molecule has 0 aromatic heterocycles. The minimum atomic E-state index is 0.653. The molecule has 0 nitrogen and oxygen atoms in total. The summed E-state index contributed by atoms with van der Waals surface area (Å²) in [6, 6.07) is 9.07. The van der Waals surface area contributed by atoms with Gasteiger partial charge < -0.3 is 0 Å². The van der Waals surface area contributed by atoms with Crippen LogP contribution in [0.15, 0.2) is 24.3 Å². The van der Waals surface area contributed by atoms with E-state index in [4.69, 9.17) is 0 Å². The fourth-order valence-electron chi connectivity index (χ4n) is 1.86. The van der Waals surface area contributed by atoms with Gasteiger partial charge in [0.2, 0.25) is 0 Å². The Kier molecular flexibility index (Phi) is 5.45. The van der Waals surface area contributed by atoms with E-state index in [1.54, 1.807) is 0 Å². The van der Waals surface area contributed by atoms with E-state index in [0.29, 0.717) is 5.92 Å². The molecular weight excluding hydrogens is 180 g/mol. The summed E-state index contributed by atoms with van der Waals surface area (Å²) in [6.45, 7) is 6.78. The molecule has 15 heavy (non-hydrogen) atoms. The fraction of sp³-hybridized carbons (Fsp3) is 0.600. The third kappa shape index (κ3) is 4.51. The number of hydrogen-bond acceptors (Lipinski definition) is 0. The topological polar surface area (TPSA) is 0 Å². The van der Waals surface area contributed by atoms with Gasteiger partial charge in [-0.3, -0.25) is 0 Å². The molecule has 0 amide bonds. The summed E-state index contributed by atoms with van der Waals surface area (Å²) in [5, 5.41) is 0. The Labute approximate surface area is 94.7 Å². The zero-order valence-electron chi connectivity index (χ0n) is 10.4. The van der Waals surface area contributed by atoms with Crippen LogP contribution in [0.1, 0.15) is 63.5 Å². The summed E-state index contributed by atoms with van der Waals surface area (Å²) in [4.78, 5) is 0. The lowest BCUT2D eigenvalue weighted by molar-refractivity contribution is 0.666. The molecule has 0 unspecified atom stereocenters. The Bertz CT molecular complexity index is 273. The van der Waals surface area contributed by atoms with E-state index in [2.05, 4.69) is 45.0 Å². The molecule has 0 aliphatic carbocycles. The summed E-state index contributed by atoms with van der Waals surface area (Å²) in [7, 11) is 0. The first-order chi connectivity index (χ1) is 7.24. The molecule has 0 saturated heterocycles. The summed E-state index contributed by atoms with van der Waals surface area (Å²) >= 11 is 0. The first-order valence-electron chi connectivity index (χ1n) is 6.33. The lowest BCUT2D eigenvalue weighted by Crippen LogP contribution is -1.91. The quantitative estimate of drug-likeness (QED) is 0.576. The maximum Gasteiger partial charge on any atom is -0.0219 e. The van der Waals surface area contributed by atoms with Crippen LogP contribution in [0, 0.1) is 0 Å². The van der Waals surface area contributed by atoms with Crippen LogP contribution in [0.4, 0.5) is 0 Å². The van der Waals surface area contributed by atoms with Crippen LogP contribution in [-0.4, -0.2) is 0 Å². The second-order valence-corrected chi connectivity index (χ2v) is 4.71. The van der Waals surface area contributed by atoms with Crippen LogP contribution in [0.5, 0.6) is 0 Å². The van der Waals surface area contributed by atoms with Gasteiger partial charge >= 0.3 is 0 Å². The number of rotatable bonds is 6. The lowest BCUT2D eigenvalue weighted by Gasteiger charge is -2.07. The Morgan fingerprint density at radius 3 is 2.53 bits per heavy atom. The second-order valence-electron chi connectivity index (χ2n) is 4.71. The van der Waals surface area contributed by atoms with E-state index in [1.165, 1.54) is 43.2 Å². The molecule has 84 valence electrons. The van der Waals surface area contributed by atoms with E-state index in [9.17, 15) is 0 Å². The Balaban J connectivity index is 2.43. The molecule has 1 rings (SSSR count). The van der Waals surface area contributed by atoms with Crippen molar-refractivity contribution in [3.63, 3.8) is 0 Å². The highest BCUT2D eigenvalue weighted by Crippen LogP contribution is 2.17. The molecule has 0 heteroatoms. The van der Waals surface area contributed by atoms with Crippen molar-refractivity contribution in [2.75, 3.05) is 0 Å². The average Bonchev–Trinajstić information content (AvgIpc) is 2.25. The third-order valence-corrected chi connectivity index (χ3v) is 2.94. The van der Waals surface area contributed by atoms with Crippen LogP contribution in [0.25, 0.3) is 0 Å². The summed E-state index contributed by atoms with van der Waals surface area (Å²) in [6.07, 6.45) is 6.67. The third-order valence-electron chi connectivity index (χ3n) is 2.94. The van der Waals surface area contributed by atoms with Crippen molar-refractivity contribution >= 4 is 0 Å². The second kappa shape index (κ2) is 6.66. The van der Waals surface area contributed by atoms with E-state index < -0.39 is 0 Å². The molecule has 1 aromatic carbocycles. The Morgan fingerprint density at radius 1 is 1.07 bits per heavy atom. The van der Waals surface area contributed by atoms with Crippen molar-refractivity contribution in [2.45, 2.75) is 58.8 Å². The smallest absolute Gasteiger partial charge is 0.0219 e. The standard InChI is InChI=1S/C15H24/c1-4-5-6-7-9-14-10-8-11-15(12-14)13(2)3/h8,10-13H,4-7,9H2,1-3H3. The van der Waals surface area contributed by atoms with Gasteiger partial charge in [-0.2, -0.15) is 0 Å². The lowest BCUT2D eigenvalue weighted by atomic mass is 9.98. The predicted octanol–water partition coefficient (Wildman–Crippen LogP) is 4.93. The van der Waals surface area contributed by atoms with Crippen molar-refractivity contribution in [3.8, 4) is 0 Å². The predicted molar refractivity (Wildman–Crippen MR) is 68.4 cm³/mol. The maximum atomic E-state index is 2.37. The molecule has 0 radical (unpaired) electrons. The van der Waals surface area contributed by atoms with Crippen molar-refractivity contribution in [2.24, 2.45) is 0 Å². The van der Waals surface area contributed by atoms with Crippen molar-refractivity contribution < 1.29 is 0 Å². The number of benzene rings is 1.